The second-order valence-corrected chi connectivity index (χ2v) is 6.12. The quantitative estimate of drug-likeness (QED) is 0.620. The Morgan fingerprint density at radius 3 is 2.64 bits per heavy atom. The maximum absolute atomic E-state index is 12.9. The van der Waals surface area contributed by atoms with Crippen LogP contribution < -0.4 is 16.0 Å². The van der Waals surface area contributed by atoms with E-state index in [1.54, 1.807) is 24.5 Å². The number of nitrogens with one attached hydrogen (secondary N) is 3. The van der Waals surface area contributed by atoms with Crippen LogP contribution in [0.3, 0.4) is 0 Å². The van der Waals surface area contributed by atoms with Crippen LogP contribution >= 0.6 is 0 Å². The van der Waals surface area contributed by atoms with Gasteiger partial charge in [0, 0.05) is 31.0 Å². The smallest absolute Gasteiger partial charge is 0.251 e. The van der Waals surface area contributed by atoms with Gasteiger partial charge in [-0.2, -0.15) is 0 Å². The van der Waals surface area contributed by atoms with Crippen LogP contribution in [0.4, 0.5) is 4.39 Å². The Morgan fingerprint density at radius 1 is 1.18 bits per heavy atom. The van der Waals surface area contributed by atoms with Gasteiger partial charge in [-0.15, -0.1) is 0 Å². The monoisotopic (exact) mass is 386 g/mol. The van der Waals surface area contributed by atoms with Gasteiger partial charge in [-0.3, -0.25) is 19.4 Å². The molecule has 28 heavy (non-hydrogen) atoms. The molecule has 3 rings (SSSR count). The summed E-state index contributed by atoms with van der Waals surface area (Å²) in [6, 6.07) is 7.95. The maximum Gasteiger partial charge on any atom is 0.251 e. The zero-order valence-corrected chi connectivity index (χ0v) is 14.9. The molecule has 0 unspecified atom stereocenters. The summed E-state index contributed by atoms with van der Waals surface area (Å²) in [6.45, 7) is 0.133. The zero-order valence-electron chi connectivity index (χ0n) is 14.9. The second-order valence-electron chi connectivity index (χ2n) is 6.12. The molecule has 2 aromatic rings. The van der Waals surface area contributed by atoms with E-state index in [4.69, 9.17) is 4.74 Å². The Morgan fingerprint density at radius 2 is 1.93 bits per heavy atom. The summed E-state index contributed by atoms with van der Waals surface area (Å²) < 4.78 is 18.3. The number of carbonyl (C=O) groups excluding carboxylic acids is 3. The number of rotatable bonds is 6. The van der Waals surface area contributed by atoms with Crippen molar-refractivity contribution in [3.8, 4) is 0 Å². The average molecular weight is 386 g/mol. The van der Waals surface area contributed by atoms with Gasteiger partial charge in [-0.25, -0.2) is 4.39 Å². The van der Waals surface area contributed by atoms with Gasteiger partial charge in [0.2, 0.25) is 5.91 Å². The van der Waals surface area contributed by atoms with Gasteiger partial charge in [0.15, 0.2) is 6.10 Å². The van der Waals surface area contributed by atoms with Crippen LogP contribution in [0.5, 0.6) is 0 Å². The van der Waals surface area contributed by atoms with Crippen LogP contribution in [-0.2, 0) is 14.3 Å². The number of nitrogens with zero attached hydrogens (tertiary/aromatic N) is 1. The van der Waals surface area contributed by atoms with Gasteiger partial charge in [0.1, 0.15) is 12.4 Å². The molecule has 1 aliphatic rings. The molecule has 1 aromatic heterocycles. The highest BCUT2D eigenvalue weighted by Crippen LogP contribution is 2.21. The molecular formula is C19H19FN4O4. The van der Waals surface area contributed by atoms with Gasteiger partial charge in [0.05, 0.1) is 6.04 Å². The molecule has 0 bridgehead atoms. The van der Waals surface area contributed by atoms with Crippen molar-refractivity contribution in [3.05, 3.63) is 65.7 Å². The molecule has 0 radical (unpaired) electrons. The van der Waals surface area contributed by atoms with E-state index >= 15 is 0 Å². The summed E-state index contributed by atoms with van der Waals surface area (Å²) in [5, 5.41) is 8.04. The van der Waals surface area contributed by atoms with Crippen LogP contribution in [0.2, 0.25) is 0 Å². The normalized spacial score (nSPS) is 18.8. The van der Waals surface area contributed by atoms with Crippen molar-refractivity contribution in [1.29, 1.82) is 0 Å². The van der Waals surface area contributed by atoms with E-state index in [9.17, 15) is 18.8 Å². The van der Waals surface area contributed by atoms with Gasteiger partial charge in [-0.05, 0) is 35.9 Å². The Hall–Kier alpha value is -3.33. The molecule has 0 saturated carbocycles. The van der Waals surface area contributed by atoms with E-state index < -0.39 is 23.9 Å². The zero-order chi connectivity index (χ0) is 19.9. The first-order chi connectivity index (χ1) is 13.5. The maximum atomic E-state index is 12.9. The molecule has 3 N–H and O–H groups in total. The summed E-state index contributed by atoms with van der Waals surface area (Å²) in [5.74, 6) is -1.52. The fraction of sp³-hybridized carbons (Fsp3) is 0.263. The number of hydrogen-bond acceptors (Lipinski definition) is 5. The first kappa shape index (κ1) is 19.4. The molecule has 146 valence electrons. The summed E-state index contributed by atoms with van der Waals surface area (Å²) in [4.78, 5) is 40.1. The van der Waals surface area contributed by atoms with E-state index in [-0.39, 0.29) is 31.5 Å². The van der Waals surface area contributed by atoms with Crippen molar-refractivity contribution < 1.29 is 23.5 Å². The lowest BCUT2D eigenvalue weighted by Crippen LogP contribution is -2.53. The third-order valence-corrected chi connectivity index (χ3v) is 4.13. The molecule has 8 nitrogen and oxygen atoms in total. The van der Waals surface area contributed by atoms with Crippen molar-refractivity contribution in [2.45, 2.75) is 12.1 Å². The van der Waals surface area contributed by atoms with E-state index in [2.05, 4.69) is 20.9 Å². The Balaban J connectivity index is 1.51. The molecule has 1 aliphatic heterocycles. The molecule has 1 fully saturated rings. The average Bonchev–Trinajstić information content (AvgIpc) is 2.72. The Labute approximate surface area is 160 Å². The van der Waals surface area contributed by atoms with E-state index in [0.717, 1.165) is 0 Å². The minimum Gasteiger partial charge on any atom is -0.356 e. The molecule has 0 aliphatic carbocycles. The van der Waals surface area contributed by atoms with Crippen LogP contribution in [0.15, 0.2) is 48.8 Å². The van der Waals surface area contributed by atoms with Crippen LogP contribution in [0, 0.1) is 5.82 Å². The molecular weight excluding hydrogens is 367 g/mol. The Kier molecular flexibility index (Phi) is 6.28. The van der Waals surface area contributed by atoms with E-state index in [0.29, 0.717) is 11.1 Å². The molecule has 2 heterocycles. The van der Waals surface area contributed by atoms with Crippen LogP contribution in [0.25, 0.3) is 0 Å². The topological polar surface area (TPSA) is 109 Å². The highest BCUT2D eigenvalue weighted by molar-refractivity contribution is 5.94. The molecule has 3 amide bonds. The standard InChI is InChI=1S/C19H19FN4O4/c20-14-5-3-12(4-6-14)18(26)22-8-9-23-19(27)17-16(24-15(25)11-28-17)13-2-1-7-21-10-13/h1-7,10,16-17H,8-9,11H2,(H,22,26)(H,23,27)(H,24,25)/t16-,17+/m1/s1. The molecule has 0 spiro atoms. The Bertz CT molecular complexity index is 845. The van der Waals surface area contributed by atoms with E-state index in [1.807, 2.05) is 0 Å². The lowest BCUT2D eigenvalue weighted by molar-refractivity contribution is -0.148. The predicted molar refractivity (Wildman–Crippen MR) is 96.6 cm³/mol. The van der Waals surface area contributed by atoms with Gasteiger partial charge >= 0.3 is 0 Å². The summed E-state index contributed by atoms with van der Waals surface area (Å²) in [6.07, 6.45) is 2.24. The lowest BCUT2D eigenvalue weighted by Gasteiger charge is -2.31. The van der Waals surface area contributed by atoms with Crippen molar-refractivity contribution in [1.82, 2.24) is 20.9 Å². The molecule has 1 aromatic carbocycles. The fourth-order valence-electron chi connectivity index (χ4n) is 2.76. The third-order valence-electron chi connectivity index (χ3n) is 4.13. The minimum atomic E-state index is -0.908. The predicted octanol–water partition coefficient (Wildman–Crippen LogP) is 0.323. The minimum absolute atomic E-state index is 0.166. The number of aromatic nitrogens is 1. The third kappa shape index (κ3) is 4.89. The van der Waals surface area contributed by atoms with Crippen molar-refractivity contribution in [2.75, 3.05) is 19.7 Å². The number of hydrogen-bond donors (Lipinski definition) is 3. The number of morpholine rings is 1. The largest absolute Gasteiger partial charge is 0.356 e. The van der Waals surface area contributed by atoms with Gasteiger partial charge in [-0.1, -0.05) is 6.07 Å². The number of halogens is 1. The first-order valence-corrected chi connectivity index (χ1v) is 8.67. The lowest BCUT2D eigenvalue weighted by atomic mass is 10.0. The van der Waals surface area contributed by atoms with Gasteiger partial charge in [0.25, 0.3) is 11.8 Å². The summed E-state index contributed by atoms with van der Waals surface area (Å²) in [5.41, 5.74) is 0.975. The number of benzene rings is 1. The molecule has 2 atom stereocenters. The molecule has 9 heteroatoms. The van der Waals surface area contributed by atoms with Crippen LogP contribution in [0.1, 0.15) is 22.0 Å². The van der Waals surface area contributed by atoms with Crippen molar-refractivity contribution >= 4 is 17.7 Å². The van der Waals surface area contributed by atoms with Crippen molar-refractivity contribution in [2.24, 2.45) is 0 Å². The summed E-state index contributed by atoms with van der Waals surface area (Å²) >= 11 is 0. The van der Waals surface area contributed by atoms with Crippen molar-refractivity contribution in [3.63, 3.8) is 0 Å². The summed E-state index contributed by atoms with van der Waals surface area (Å²) in [7, 11) is 0. The van der Waals surface area contributed by atoms with Gasteiger partial charge < -0.3 is 20.7 Å². The fourth-order valence-corrected chi connectivity index (χ4v) is 2.76. The van der Waals surface area contributed by atoms with E-state index in [1.165, 1.54) is 24.3 Å². The SMILES string of the molecule is O=C1CO[C@H](C(=O)NCCNC(=O)c2ccc(F)cc2)[C@@H](c2cccnc2)N1. The number of carbonyl (C=O) groups is 3. The van der Waals surface area contributed by atoms with Crippen LogP contribution in [-0.4, -0.2) is 48.5 Å². The highest BCUT2D eigenvalue weighted by Gasteiger charge is 2.36. The first-order valence-electron chi connectivity index (χ1n) is 8.67. The highest BCUT2D eigenvalue weighted by atomic mass is 19.1. The number of ether oxygens (including phenoxy) is 1. The number of amides is 3. The second kappa shape index (κ2) is 9.05. The molecule has 1 saturated heterocycles. The number of pyridine rings is 1.